The van der Waals surface area contributed by atoms with E-state index in [0.29, 0.717) is 6.04 Å². The molecule has 0 radical (unpaired) electrons. The van der Waals surface area contributed by atoms with Crippen LogP contribution in [0.4, 0.5) is 11.5 Å². The van der Waals surface area contributed by atoms with Gasteiger partial charge in [0.25, 0.3) is 0 Å². The molecule has 88 valence electrons. The van der Waals surface area contributed by atoms with Crippen molar-refractivity contribution in [2.24, 2.45) is 5.92 Å². The summed E-state index contributed by atoms with van der Waals surface area (Å²) in [5, 5.41) is 6.84. The van der Waals surface area contributed by atoms with Gasteiger partial charge in [0.15, 0.2) is 0 Å². The van der Waals surface area contributed by atoms with Gasteiger partial charge < -0.3 is 10.6 Å². The molecular weight excluding hydrogens is 198 g/mol. The highest BCUT2D eigenvalue weighted by molar-refractivity contribution is 5.52. The topological polar surface area (TPSA) is 37.0 Å². The Labute approximate surface area is 97.7 Å². The molecule has 3 heteroatoms. The molecule has 0 bridgehead atoms. The van der Waals surface area contributed by atoms with E-state index in [1.807, 2.05) is 12.3 Å². The molecule has 2 N–H and O–H groups in total. The average molecular weight is 219 g/mol. The maximum Gasteiger partial charge on any atom is 0.127 e. The van der Waals surface area contributed by atoms with Gasteiger partial charge in [0, 0.05) is 30.5 Å². The number of rotatable bonds is 4. The second kappa shape index (κ2) is 5.19. The van der Waals surface area contributed by atoms with Gasteiger partial charge in [-0.2, -0.15) is 0 Å². The summed E-state index contributed by atoms with van der Waals surface area (Å²) in [6, 6.07) is 4.78. The first-order chi connectivity index (χ1) is 7.79. The van der Waals surface area contributed by atoms with Crippen LogP contribution >= 0.6 is 0 Å². The molecule has 3 nitrogen and oxygen atoms in total. The highest BCUT2D eigenvalue weighted by Gasteiger charge is 2.22. The zero-order chi connectivity index (χ0) is 11.4. The minimum atomic E-state index is 0.636. The van der Waals surface area contributed by atoms with Crippen LogP contribution in [0.1, 0.15) is 33.1 Å². The van der Waals surface area contributed by atoms with Crippen LogP contribution < -0.4 is 10.6 Å². The predicted molar refractivity (Wildman–Crippen MR) is 68.8 cm³/mol. The Balaban J connectivity index is 2.00. The van der Waals surface area contributed by atoms with Gasteiger partial charge in [-0.3, -0.25) is 0 Å². The summed E-state index contributed by atoms with van der Waals surface area (Å²) in [6.07, 6.45) is 5.85. The van der Waals surface area contributed by atoms with Crippen LogP contribution in [0.2, 0.25) is 0 Å². The molecule has 2 atom stereocenters. The molecule has 1 aliphatic carbocycles. The Morgan fingerprint density at radius 2 is 2.31 bits per heavy atom. The molecule has 16 heavy (non-hydrogen) atoms. The molecule has 1 aromatic heterocycles. The number of hydrogen-bond acceptors (Lipinski definition) is 3. The molecule has 2 unspecified atom stereocenters. The minimum Gasteiger partial charge on any atom is -0.382 e. The van der Waals surface area contributed by atoms with Gasteiger partial charge in [0.2, 0.25) is 0 Å². The van der Waals surface area contributed by atoms with Gasteiger partial charge in [-0.15, -0.1) is 0 Å². The van der Waals surface area contributed by atoms with Crippen molar-refractivity contribution in [1.29, 1.82) is 0 Å². The Bertz CT molecular complexity index is 338. The number of pyridine rings is 1. The van der Waals surface area contributed by atoms with Crippen LogP contribution in [0.5, 0.6) is 0 Å². The molecule has 0 amide bonds. The lowest BCUT2D eigenvalue weighted by Crippen LogP contribution is -2.21. The summed E-state index contributed by atoms with van der Waals surface area (Å²) in [4.78, 5) is 4.27. The molecule has 2 rings (SSSR count). The van der Waals surface area contributed by atoms with Crippen LogP contribution in [0, 0.1) is 5.92 Å². The molecule has 1 saturated carbocycles. The van der Waals surface area contributed by atoms with E-state index in [1.165, 1.54) is 24.9 Å². The minimum absolute atomic E-state index is 0.636. The molecule has 1 heterocycles. The maximum absolute atomic E-state index is 4.27. The van der Waals surface area contributed by atoms with E-state index in [4.69, 9.17) is 0 Å². The zero-order valence-corrected chi connectivity index (χ0v) is 10.2. The van der Waals surface area contributed by atoms with Crippen LogP contribution in [0.25, 0.3) is 0 Å². The lowest BCUT2D eigenvalue weighted by molar-refractivity contribution is 0.556. The molecule has 0 spiro atoms. The summed E-state index contributed by atoms with van der Waals surface area (Å²) in [5.41, 5.74) is 1.18. The fourth-order valence-electron chi connectivity index (χ4n) is 2.37. The molecule has 1 fully saturated rings. The summed E-state index contributed by atoms with van der Waals surface area (Å²) in [6.45, 7) is 5.33. The van der Waals surface area contributed by atoms with Crippen LogP contribution in [0.15, 0.2) is 18.3 Å². The third kappa shape index (κ3) is 2.65. The van der Waals surface area contributed by atoms with Crippen molar-refractivity contribution in [3.05, 3.63) is 18.3 Å². The normalized spacial score (nSPS) is 24.4. The molecule has 0 saturated heterocycles. The monoisotopic (exact) mass is 219 g/mol. The summed E-state index contributed by atoms with van der Waals surface area (Å²) in [5.74, 6) is 1.74. The predicted octanol–water partition coefficient (Wildman–Crippen LogP) is 3.11. The van der Waals surface area contributed by atoms with Gasteiger partial charge in [0.05, 0.1) is 0 Å². The van der Waals surface area contributed by atoms with Crippen LogP contribution in [-0.2, 0) is 0 Å². The van der Waals surface area contributed by atoms with E-state index in [0.717, 1.165) is 18.3 Å². The maximum atomic E-state index is 4.27. The molecule has 1 aliphatic rings. The first-order valence-corrected chi connectivity index (χ1v) is 6.26. The summed E-state index contributed by atoms with van der Waals surface area (Å²) in [7, 11) is 0. The summed E-state index contributed by atoms with van der Waals surface area (Å²) < 4.78 is 0. The Morgan fingerprint density at radius 3 is 3.00 bits per heavy atom. The van der Waals surface area contributed by atoms with Crippen molar-refractivity contribution < 1.29 is 0 Å². The average Bonchev–Trinajstić information content (AvgIpc) is 2.66. The van der Waals surface area contributed by atoms with Crippen LogP contribution in [0.3, 0.4) is 0 Å². The Hall–Kier alpha value is -1.25. The van der Waals surface area contributed by atoms with Crippen molar-refractivity contribution in [3.8, 4) is 0 Å². The largest absolute Gasteiger partial charge is 0.382 e. The van der Waals surface area contributed by atoms with Crippen molar-refractivity contribution in [3.63, 3.8) is 0 Å². The van der Waals surface area contributed by atoms with Gasteiger partial charge in [-0.1, -0.05) is 13.3 Å². The first-order valence-electron chi connectivity index (χ1n) is 6.26. The second-order valence-corrected chi connectivity index (χ2v) is 4.62. The lowest BCUT2D eigenvalue weighted by Gasteiger charge is -2.19. The van der Waals surface area contributed by atoms with E-state index < -0.39 is 0 Å². The Morgan fingerprint density at radius 1 is 1.44 bits per heavy atom. The standard InChI is InChI=1S/C13H21N3/c1-3-14-13-9-11(7-8-15-13)16-12-6-4-5-10(12)2/h7-10,12H,3-6H2,1-2H3,(H2,14,15,16). The second-order valence-electron chi connectivity index (χ2n) is 4.62. The fraction of sp³-hybridized carbons (Fsp3) is 0.615. The van der Waals surface area contributed by atoms with Gasteiger partial charge in [-0.25, -0.2) is 4.98 Å². The van der Waals surface area contributed by atoms with E-state index in [-0.39, 0.29) is 0 Å². The first kappa shape index (κ1) is 11.2. The van der Waals surface area contributed by atoms with E-state index in [2.05, 4.69) is 35.5 Å². The highest BCUT2D eigenvalue weighted by atomic mass is 15.0. The zero-order valence-electron chi connectivity index (χ0n) is 10.2. The van der Waals surface area contributed by atoms with Crippen molar-refractivity contribution in [2.75, 3.05) is 17.2 Å². The third-order valence-electron chi connectivity index (χ3n) is 3.33. The smallest absolute Gasteiger partial charge is 0.127 e. The molecule has 0 aromatic carbocycles. The molecular formula is C13H21N3. The highest BCUT2D eigenvalue weighted by Crippen LogP contribution is 2.28. The van der Waals surface area contributed by atoms with Gasteiger partial charge in [-0.05, 0) is 31.7 Å². The van der Waals surface area contributed by atoms with Crippen molar-refractivity contribution in [1.82, 2.24) is 4.98 Å². The number of nitrogens with zero attached hydrogens (tertiary/aromatic N) is 1. The lowest BCUT2D eigenvalue weighted by atomic mass is 10.1. The van der Waals surface area contributed by atoms with E-state index in [9.17, 15) is 0 Å². The van der Waals surface area contributed by atoms with Crippen LogP contribution in [-0.4, -0.2) is 17.6 Å². The van der Waals surface area contributed by atoms with Gasteiger partial charge >= 0.3 is 0 Å². The number of nitrogens with one attached hydrogen (secondary N) is 2. The number of aromatic nitrogens is 1. The van der Waals surface area contributed by atoms with Crippen molar-refractivity contribution in [2.45, 2.75) is 39.2 Å². The SMILES string of the molecule is CCNc1cc(NC2CCCC2C)ccn1. The Kier molecular flexibility index (Phi) is 3.65. The number of anilines is 2. The fourth-order valence-corrected chi connectivity index (χ4v) is 2.37. The quantitative estimate of drug-likeness (QED) is 0.817. The number of hydrogen-bond donors (Lipinski definition) is 2. The third-order valence-corrected chi connectivity index (χ3v) is 3.33. The van der Waals surface area contributed by atoms with Gasteiger partial charge in [0.1, 0.15) is 5.82 Å². The summed E-state index contributed by atoms with van der Waals surface area (Å²) >= 11 is 0. The molecule has 0 aliphatic heterocycles. The van der Waals surface area contributed by atoms with E-state index in [1.54, 1.807) is 0 Å². The molecule has 1 aromatic rings. The van der Waals surface area contributed by atoms with E-state index >= 15 is 0 Å². The van der Waals surface area contributed by atoms with Crippen molar-refractivity contribution >= 4 is 11.5 Å².